The molecule has 0 spiro atoms. The van der Waals surface area contributed by atoms with Crippen molar-refractivity contribution in [2.24, 2.45) is 5.73 Å². The molecule has 0 aromatic heterocycles. The van der Waals surface area contributed by atoms with E-state index in [1.54, 1.807) is 0 Å². The van der Waals surface area contributed by atoms with Crippen molar-refractivity contribution in [1.82, 2.24) is 4.90 Å². The maximum absolute atomic E-state index is 6.91. The molecule has 3 heteroatoms. The lowest BCUT2D eigenvalue weighted by Crippen LogP contribution is -2.65. The third kappa shape index (κ3) is 4.43. The van der Waals surface area contributed by atoms with Crippen LogP contribution in [0.15, 0.2) is 60.7 Å². The van der Waals surface area contributed by atoms with Gasteiger partial charge in [0.1, 0.15) is 0 Å². The quantitative estimate of drug-likeness (QED) is 0.866. The van der Waals surface area contributed by atoms with Gasteiger partial charge in [-0.3, -0.25) is 4.90 Å². The van der Waals surface area contributed by atoms with Gasteiger partial charge < -0.3 is 10.5 Å². The monoisotopic (exact) mass is 364 g/mol. The van der Waals surface area contributed by atoms with E-state index in [2.05, 4.69) is 65.6 Å². The Morgan fingerprint density at radius 2 is 1.37 bits per heavy atom. The molecular formula is C24H32N2O. The number of hydrogen-bond donors (Lipinski definition) is 1. The molecular weight excluding hydrogens is 332 g/mol. The molecule has 1 aliphatic heterocycles. The highest BCUT2D eigenvalue weighted by molar-refractivity contribution is 5.23. The maximum Gasteiger partial charge on any atom is 0.0890 e. The summed E-state index contributed by atoms with van der Waals surface area (Å²) in [7, 11) is 0. The molecule has 1 aliphatic carbocycles. The fourth-order valence-corrected chi connectivity index (χ4v) is 4.92. The van der Waals surface area contributed by atoms with Gasteiger partial charge in [0.15, 0.2) is 0 Å². The highest BCUT2D eigenvalue weighted by Gasteiger charge is 2.43. The van der Waals surface area contributed by atoms with E-state index in [4.69, 9.17) is 10.5 Å². The molecule has 2 aromatic rings. The van der Waals surface area contributed by atoms with E-state index in [-0.39, 0.29) is 11.3 Å². The van der Waals surface area contributed by atoms with Crippen LogP contribution in [-0.4, -0.2) is 35.9 Å². The van der Waals surface area contributed by atoms with Gasteiger partial charge in [-0.25, -0.2) is 0 Å². The normalized spacial score (nSPS) is 22.4. The summed E-state index contributed by atoms with van der Waals surface area (Å²) in [5.74, 6) is 0. The standard InChI is InChI=1S/C24H32N2O/c25-24(14-8-3-9-15-24)26-16-17-27-23(20-26,18-21-10-4-1-5-11-21)19-22-12-6-2-7-13-22/h1-2,4-7,10-13H,3,8-9,14-20,25H2. The second kappa shape index (κ2) is 8.14. The molecule has 0 bridgehead atoms. The highest BCUT2D eigenvalue weighted by Crippen LogP contribution is 2.35. The van der Waals surface area contributed by atoms with Crippen LogP contribution < -0.4 is 5.73 Å². The van der Waals surface area contributed by atoms with E-state index in [0.29, 0.717) is 0 Å². The molecule has 27 heavy (non-hydrogen) atoms. The Balaban J connectivity index is 1.60. The predicted molar refractivity (Wildman–Crippen MR) is 111 cm³/mol. The summed E-state index contributed by atoms with van der Waals surface area (Å²) in [5.41, 5.74) is 9.22. The van der Waals surface area contributed by atoms with Crippen LogP contribution in [0.4, 0.5) is 0 Å². The van der Waals surface area contributed by atoms with Gasteiger partial charge in [-0.15, -0.1) is 0 Å². The Kier molecular flexibility index (Phi) is 5.63. The molecule has 2 aromatic carbocycles. The Morgan fingerprint density at radius 3 is 1.93 bits per heavy atom. The Morgan fingerprint density at radius 1 is 0.815 bits per heavy atom. The molecule has 3 nitrogen and oxygen atoms in total. The molecule has 1 saturated heterocycles. The van der Waals surface area contributed by atoms with Crippen molar-refractivity contribution in [3.05, 3.63) is 71.8 Å². The first-order valence-corrected chi connectivity index (χ1v) is 10.4. The zero-order chi connectivity index (χ0) is 18.6. The second-order valence-electron chi connectivity index (χ2n) is 8.44. The van der Waals surface area contributed by atoms with Gasteiger partial charge in [0, 0.05) is 25.9 Å². The fraction of sp³-hybridized carbons (Fsp3) is 0.500. The van der Waals surface area contributed by atoms with E-state index >= 15 is 0 Å². The average Bonchev–Trinajstić information content (AvgIpc) is 2.70. The topological polar surface area (TPSA) is 38.5 Å². The van der Waals surface area contributed by atoms with Crippen LogP contribution in [-0.2, 0) is 17.6 Å². The third-order valence-electron chi connectivity index (χ3n) is 6.34. The van der Waals surface area contributed by atoms with Gasteiger partial charge in [0.2, 0.25) is 0 Å². The smallest absolute Gasteiger partial charge is 0.0890 e. The van der Waals surface area contributed by atoms with Crippen molar-refractivity contribution in [2.45, 2.75) is 56.2 Å². The lowest BCUT2D eigenvalue weighted by atomic mass is 9.82. The van der Waals surface area contributed by atoms with Gasteiger partial charge in [-0.2, -0.15) is 0 Å². The molecule has 2 aliphatic rings. The zero-order valence-corrected chi connectivity index (χ0v) is 16.3. The number of nitrogens with zero attached hydrogens (tertiary/aromatic N) is 1. The second-order valence-corrected chi connectivity index (χ2v) is 8.44. The summed E-state index contributed by atoms with van der Waals surface area (Å²) >= 11 is 0. The van der Waals surface area contributed by atoms with Crippen molar-refractivity contribution >= 4 is 0 Å². The number of nitrogens with two attached hydrogens (primary N) is 1. The van der Waals surface area contributed by atoms with Crippen molar-refractivity contribution in [3.8, 4) is 0 Å². The Labute approximate surface area is 163 Å². The summed E-state index contributed by atoms with van der Waals surface area (Å²) in [5, 5.41) is 0. The van der Waals surface area contributed by atoms with E-state index in [9.17, 15) is 0 Å². The molecule has 0 radical (unpaired) electrons. The molecule has 1 saturated carbocycles. The van der Waals surface area contributed by atoms with E-state index < -0.39 is 0 Å². The van der Waals surface area contributed by atoms with Crippen LogP contribution in [0.3, 0.4) is 0 Å². The van der Waals surface area contributed by atoms with Gasteiger partial charge in [-0.1, -0.05) is 79.9 Å². The van der Waals surface area contributed by atoms with Crippen molar-refractivity contribution in [1.29, 1.82) is 0 Å². The van der Waals surface area contributed by atoms with Crippen LogP contribution in [0.2, 0.25) is 0 Å². The molecule has 4 rings (SSSR count). The van der Waals surface area contributed by atoms with Crippen LogP contribution in [0.5, 0.6) is 0 Å². The summed E-state index contributed by atoms with van der Waals surface area (Å²) in [4.78, 5) is 2.54. The molecule has 0 amide bonds. The molecule has 2 fully saturated rings. The van der Waals surface area contributed by atoms with Gasteiger partial charge in [-0.05, 0) is 24.0 Å². The first-order chi connectivity index (χ1) is 13.2. The fourth-order valence-electron chi connectivity index (χ4n) is 4.92. The summed E-state index contributed by atoms with van der Waals surface area (Å²) in [6, 6.07) is 21.5. The Bertz CT molecular complexity index is 668. The first kappa shape index (κ1) is 18.7. The molecule has 0 unspecified atom stereocenters. The largest absolute Gasteiger partial charge is 0.372 e. The highest BCUT2D eigenvalue weighted by atomic mass is 16.5. The Hall–Kier alpha value is -1.68. The third-order valence-corrected chi connectivity index (χ3v) is 6.34. The van der Waals surface area contributed by atoms with Crippen LogP contribution in [0, 0.1) is 0 Å². The first-order valence-electron chi connectivity index (χ1n) is 10.4. The number of ether oxygens (including phenoxy) is 1. The van der Waals surface area contributed by atoms with Crippen molar-refractivity contribution in [3.63, 3.8) is 0 Å². The minimum Gasteiger partial charge on any atom is -0.372 e. The lowest BCUT2D eigenvalue weighted by molar-refractivity contribution is -0.139. The van der Waals surface area contributed by atoms with Crippen LogP contribution in [0.1, 0.15) is 43.2 Å². The lowest BCUT2D eigenvalue weighted by Gasteiger charge is -2.51. The van der Waals surface area contributed by atoms with Crippen molar-refractivity contribution < 1.29 is 4.74 Å². The predicted octanol–water partition coefficient (Wildman–Crippen LogP) is 4.16. The number of rotatable bonds is 5. The minimum atomic E-state index is -0.217. The molecule has 1 heterocycles. The van der Waals surface area contributed by atoms with E-state index in [1.165, 1.54) is 30.4 Å². The van der Waals surface area contributed by atoms with Gasteiger partial charge in [0.25, 0.3) is 0 Å². The summed E-state index contributed by atoms with van der Waals surface area (Å²) in [6.07, 6.45) is 7.89. The van der Waals surface area contributed by atoms with Crippen LogP contribution >= 0.6 is 0 Å². The SMILES string of the molecule is NC1(N2CCOC(Cc3ccccc3)(Cc3ccccc3)C2)CCCCC1. The number of benzene rings is 2. The molecule has 0 atom stereocenters. The minimum absolute atomic E-state index is 0.152. The molecule has 144 valence electrons. The van der Waals surface area contributed by atoms with Gasteiger partial charge in [0.05, 0.1) is 17.9 Å². The summed E-state index contributed by atoms with van der Waals surface area (Å²) < 4.78 is 6.54. The van der Waals surface area contributed by atoms with Crippen LogP contribution in [0.25, 0.3) is 0 Å². The number of morpholine rings is 1. The van der Waals surface area contributed by atoms with Gasteiger partial charge >= 0.3 is 0 Å². The zero-order valence-electron chi connectivity index (χ0n) is 16.3. The van der Waals surface area contributed by atoms with E-state index in [1.807, 2.05) is 0 Å². The number of hydrogen-bond acceptors (Lipinski definition) is 3. The van der Waals surface area contributed by atoms with Crippen molar-refractivity contribution in [2.75, 3.05) is 19.7 Å². The average molecular weight is 365 g/mol. The summed E-state index contributed by atoms with van der Waals surface area (Å²) in [6.45, 7) is 2.62. The van der Waals surface area contributed by atoms with E-state index in [0.717, 1.165) is 45.4 Å². The molecule has 2 N–H and O–H groups in total. The maximum atomic E-state index is 6.91.